The average molecular weight is 284 g/mol. The van der Waals surface area contributed by atoms with E-state index in [1.165, 1.54) is 25.7 Å². The summed E-state index contributed by atoms with van der Waals surface area (Å²) in [4.78, 5) is 0. The molecule has 1 aromatic heterocycles. The number of rotatable bonds is 4. The van der Waals surface area contributed by atoms with Gasteiger partial charge in [0.05, 0.1) is 16.4 Å². The van der Waals surface area contributed by atoms with Gasteiger partial charge in [-0.1, -0.05) is 45.2 Å². The summed E-state index contributed by atoms with van der Waals surface area (Å²) in [6.07, 6.45) is 6.16. The van der Waals surface area contributed by atoms with Crippen molar-refractivity contribution in [3.63, 3.8) is 0 Å². The number of nitrogens with zero attached hydrogens (tertiary/aromatic N) is 2. The van der Waals surface area contributed by atoms with E-state index in [-0.39, 0.29) is 0 Å². The molecule has 0 spiro atoms. The first-order chi connectivity index (χ1) is 8.95. The second kappa shape index (κ2) is 5.84. The first-order valence-corrected chi connectivity index (χ1v) is 7.77. The molecule has 0 radical (unpaired) electrons. The molecule has 1 atom stereocenters. The minimum atomic E-state index is 0.386. The van der Waals surface area contributed by atoms with Crippen LogP contribution in [0, 0.1) is 5.41 Å². The van der Waals surface area contributed by atoms with Crippen molar-refractivity contribution in [2.45, 2.75) is 65.5 Å². The van der Waals surface area contributed by atoms with Crippen molar-refractivity contribution >= 4 is 11.6 Å². The van der Waals surface area contributed by atoms with Gasteiger partial charge in [0, 0.05) is 19.6 Å². The van der Waals surface area contributed by atoms with Gasteiger partial charge >= 0.3 is 0 Å². The van der Waals surface area contributed by atoms with Crippen molar-refractivity contribution in [2.24, 2.45) is 12.5 Å². The maximum Gasteiger partial charge on any atom is 0.0863 e. The van der Waals surface area contributed by atoms with E-state index < -0.39 is 0 Å². The molecular weight excluding hydrogens is 258 g/mol. The smallest absolute Gasteiger partial charge is 0.0863 e. The second-order valence-electron chi connectivity index (χ2n) is 6.35. The SMILES string of the molecule is CCc1nn(C)c(CNC2CCCCC2(C)C)c1Cl. The van der Waals surface area contributed by atoms with Crippen LogP contribution in [-0.2, 0) is 20.0 Å². The van der Waals surface area contributed by atoms with Crippen LogP contribution in [0.15, 0.2) is 0 Å². The minimum absolute atomic E-state index is 0.386. The van der Waals surface area contributed by atoms with Gasteiger partial charge in [-0.15, -0.1) is 0 Å². The number of aromatic nitrogens is 2. The van der Waals surface area contributed by atoms with Crippen molar-refractivity contribution < 1.29 is 0 Å². The van der Waals surface area contributed by atoms with E-state index in [9.17, 15) is 0 Å². The highest BCUT2D eigenvalue weighted by Gasteiger charge is 2.32. The predicted octanol–water partition coefficient (Wildman–Crippen LogP) is 3.69. The zero-order valence-corrected chi connectivity index (χ0v) is 13.3. The van der Waals surface area contributed by atoms with Crippen LogP contribution in [0.5, 0.6) is 0 Å². The number of halogens is 1. The summed E-state index contributed by atoms with van der Waals surface area (Å²) in [6, 6.07) is 0.581. The Labute approximate surface area is 121 Å². The minimum Gasteiger partial charge on any atom is -0.308 e. The molecule has 1 N–H and O–H groups in total. The van der Waals surface area contributed by atoms with Crippen molar-refractivity contribution in [2.75, 3.05) is 0 Å². The number of aryl methyl sites for hydroxylation is 2. The van der Waals surface area contributed by atoms with Gasteiger partial charge in [-0.25, -0.2) is 0 Å². The monoisotopic (exact) mass is 283 g/mol. The highest BCUT2D eigenvalue weighted by Crippen LogP contribution is 2.35. The van der Waals surface area contributed by atoms with Crippen molar-refractivity contribution in [3.8, 4) is 0 Å². The Hall–Kier alpha value is -0.540. The lowest BCUT2D eigenvalue weighted by Crippen LogP contribution is -2.44. The van der Waals surface area contributed by atoms with Gasteiger partial charge in [0.1, 0.15) is 0 Å². The normalized spacial score (nSPS) is 22.7. The van der Waals surface area contributed by atoms with Crippen LogP contribution in [0.2, 0.25) is 5.02 Å². The number of nitrogens with one attached hydrogen (secondary N) is 1. The Morgan fingerprint density at radius 1 is 1.42 bits per heavy atom. The summed E-state index contributed by atoms with van der Waals surface area (Å²) >= 11 is 6.40. The molecule has 0 bridgehead atoms. The molecule has 1 unspecified atom stereocenters. The maximum atomic E-state index is 6.40. The molecule has 1 aromatic rings. The Morgan fingerprint density at radius 3 is 2.74 bits per heavy atom. The van der Waals surface area contributed by atoms with Gasteiger partial charge in [0.2, 0.25) is 0 Å². The highest BCUT2D eigenvalue weighted by molar-refractivity contribution is 6.31. The van der Waals surface area contributed by atoms with Crippen LogP contribution in [0.1, 0.15) is 57.8 Å². The molecule has 0 saturated heterocycles. The molecule has 1 fully saturated rings. The summed E-state index contributed by atoms with van der Waals surface area (Å²) < 4.78 is 1.92. The fourth-order valence-corrected chi connectivity index (χ4v) is 3.46. The standard InChI is InChI=1S/C15H26ClN3/c1-5-11-14(16)12(19(4)18-11)10-17-13-8-6-7-9-15(13,2)3/h13,17H,5-10H2,1-4H3. The summed E-state index contributed by atoms with van der Waals surface area (Å²) in [7, 11) is 1.98. The lowest BCUT2D eigenvalue weighted by atomic mass is 9.73. The van der Waals surface area contributed by atoms with E-state index in [1.54, 1.807) is 0 Å². The van der Waals surface area contributed by atoms with Gasteiger partial charge < -0.3 is 5.32 Å². The third kappa shape index (κ3) is 3.14. The van der Waals surface area contributed by atoms with Gasteiger partial charge in [-0.3, -0.25) is 4.68 Å². The Kier molecular flexibility index (Phi) is 4.57. The third-order valence-corrected chi connectivity index (χ3v) is 4.96. The molecule has 0 aromatic carbocycles. The van der Waals surface area contributed by atoms with Crippen LogP contribution < -0.4 is 5.32 Å². The highest BCUT2D eigenvalue weighted by atomic mass is 35.5. The lowest BCUT2D eigenvalue weighted by Gasteiger charge is -2.39. The topological polar surface area (TPSA) is 29.9 Å². The molecule has 0 amide bonds. The molecular formula is C15H26ClN3. The molecule has 1 aliphatic rings. The molecule has 1 heterocycles. The molecule has 2 rings (SSSR count). The molecule has 3 nitrogen and oxygen atoms in total. The van der Waals surface area contributed by atoms with Crippen LogP contribution in [0.25, 0.3) is 0 Å². The van der Waals surface area contributed by atoms with E-state index >= 15 is 0 Å². The van der Waals surface area contributed by atoms with E-state index in [0.717, 1.165) is 29.4 Å². The average Bonchev–Trinajstić information content (AvgIpc) is 2.63. The quantitative estimate of drug-likeness (QED) is 0.913. The van der Waals surface area contributed by atoms with Crippen molar-refractivity contribution in [1.82, 2.24) is 15.1 Å². The first-order valence-electron chi connectivity index (χ1n) is 7.39. The molecule has 1 aliphatic carbocycles. The van der Waals surface area contributed by atoms with Crippen LogP contribution in [0.3, 0.4) is 0 Å². The zero-order valence-electron chi connectivity index (χ0n) is 12.6. The van der Waals surface area contributed by atoms with Gasteiger partial charge in [-0.05, 0) is 24.7 Å². The first kappa shape index (κ1) is 14.9. The van der Waals surface area contributed by atoms with Crippen LogP contribution >= 0.6 is 11.6 Å². The molecule has 108 valence electrons. The fraction of sp³-hybridized carbons (Fsp3) is 0.800. The lowest BCUT2D eigenvalue weighted by molar-refractivity contribution is 0.166. The fourth-order valence-electron chi connectivity index (χ4n) is 3.10. The van der Waals surface area contributed by atoms with Crippen LogP contribution in [0.4, 0.5) is 0 Å². The van der Waals surface area contributed by atoms with Gasteiger partial charge in [0.15, 0.2) is 0 Å². The van der Waals surface area contributed by atoms with E-state index in [1.807, 2.05) is 11.7 Å². The molecule has 1 saturated carbocycles. The predicted molar refractivity (Wildman–Crippen MR) is 80.5 cm³/mol. The maximum absolute atomic E-state index is 6.40. The van der Waals surface area contributed by atoms with E-state index in [4.69, 9.17) is 11.6 Å². The second-order valence-corrected chi connectivity index (χ2v) is 6.73. The Morgan fingerprint density at radius 2 is 2.16 bits per heavy atom. The summed E-state index contributed by atoms with van der Waals surface area (Å²) in [5, 5.41) is 9.01. The third-order valence-electron chi connectivity index (χ3n) is 4.53. The summed E-state index contributed by atoms with van der Waals surface area (Å²) in [5.74, 6) is 0. The summed E-state index contributed by atoms with van der Waals surface area (Å²) in [5.41, 5.74) is 2.50. The molecule has 4 heteroatoms. The summed E-state index contributed by atoms with van der Waals surface area (Å²) in [6.45, 7) is 7.64. The van der Waals surface area contributed by atoms with Gasteiger partial charge in [-0.2, -0.15) is 5.10 Å². The van der Waals surface area contributed by atoms with Crippen LogP contribution in [-0.4, -0.2) is 15.8 Å². The van der Waals surface area contributed by atoms with Crippen molar-refractivity contribution in [1.29, 1.82) is 0 Å². The largest absolute Gasteiger partial charge is 0.308 e. The Bertz CT molecular complexity index is 437. The number of hydrogen-bond donors (Lipinski definition) is 1. The van der Waals surface area contributed by atoms with E-state index in [2.05, 4.69) is 31.2 Å². The molecule has 0 aliphatic heterocycles. The molecule has 19 heavy (non-hydrogen) atoms. The van der Waals surface area contributed by atoms with Crippen molar-refractivity contribution in [3.05, 3.63) is 16.4 Å². The van der Waals surface area contributed by atoms with E-state index in [0.29, 0.717) is 11.5 Å². The Balaban J connectivity index is 2.04. The zero-order chi connectivity index (χ0) is 14.0. The van der Waals surface area contributed by atoms with Gasteiger partial charge in [0.25, 0.3) is 0 Å². The number of hydrogen-bond acceptors (Lipinski definition) is 2.